The molecule has 4 amide bonds. The van der Waals surface area contributed by atoms with Crippen molar-refractivity contribution in [2.75, 3.05) is 37.1 Å². The third-order valence-corrected chi connectivity index (χ3v) is 5.42. The standard InChI is InChI=1S/C23H24ClN3O5/c1-5-26(6-2)15-9-7-14(8-10-15)11-16-21(28)25-23(30)27(22(16)29)18-13-19(31-3)17(24)12-20(18)32-4/h7-13H,5-6H2,1-4H3,(H,25,28,30)/b16-11+. The highest BCUT2D eigenvalue weighted by molar-refractivity contribution is 6.39. The summed E-state index contributed by atoms with van der Waals surface area (Å²) in [6.45, 7) is 5.86. The van der Waals surface area contributed by atoms with Crippen molar-refractivity contribution in [3.63, 3.8) is 0 Å². The topological polar surface area (TPSA) is 88.2 Å². The molecule has 2 aromatic carbocycles. The molecule has 32 heavy (non-hydrogen) atoms. The molecule has 1 N–H and O–H groups in total. The number of nitrogens with zero attached hydrogens (tertiary/aromatic N) is 2. The Balaban J connectivity index is 2.01. The van der Waals surface area contributed by atoms with E-state index < -0.39 is 17.8 Å². The average molecular weight is 458 g/mol. The molecule has 1 fully saturated rings. The maximum Gasteiger partial charge on any atom is 0.336 e. The van der Waals surface area contributed by atoms with Crippen LogP contribution in [0.3, 0.4) is 0 Å². The van der Waals surface area contributed by atoms with Crippen molar-refractivity contribution >= 4 is 46.9 Å². The lowest BCUT2D eigenvalue weighted by atomic mass is 10.1. The zero-order valence-electron chi connectivity index (χ0n) is 18.3. The van der Waals surface area contributed by atoms with Crippen LogP contribution >= 0.6 is 11.6 Å². The summed E-state index contributed by atoms with van der Waals surface area (Å²) in [6, 6.07) is 9.41. The molecule has 0 radical (unpaired) electrons. The molecule has 1 aliphatic heterocycles. The van der Waals surface area contributed by atoms with Crippen LogP contribution in [0.1, 0.15) is 19.4 Å². The lowest BCUT2D eigenvalue weighted by Crippen LogP contribution is -2.54. The second kappa shape index (κ2) is 9.74. The number of anilines is 2. The Hall–Kier alpha value is -3.52. The van der Waals surface area contributed by atoms with Crippen LogP contribution in [0, 0.1) is 0 Å². The third-order valence-electron chi connectivity index (χ3n) is 5.13. The van der Waals surface area contributed by atoms with Gasteiger partial charge >= 0.3 is 6.03 Å². The largest absolute Gasteiger partial charge is 0.495 e. The van der Waals surface area contributed by atoms with Crippen LogP contribution in [0.2, 0.25) is 5.02 Å². The molecule has 0 bridgehead atoms. The summed E-state index contributed by atoms with van der Waals surface area (Å²) in [5.74, 6) is -1.13. The van der Waals surface area contributed by atoms with E-state index >= 15 is 0 Å². The number of urea groups is 1. The van der Waals surface area contributed by atoms with E-state index in [0.29, 0.717) is 5.56 Å². The van der Waals surface area contributed by atoms with Crippen molar-refractivity contribution in [3.05, 3.63) is 52.6 Å². The number of ether oxygens (including phenoxy) is 2. The fourth-order valence-corrected chi connectivity index (χ4v) is 3.66. The van der Waals surface area contributed by atoms with Crippen LogP contribution in [0.15, 0.2) is 42.0 Å². The highest BCUT2D eigenvalue weighted by Gasteiger charge is 2.38. The molecule has 0 saturated carbocycles. The van der Waals surface area contributed by atoms with Gasteiger partial charge in [-0.1, -0.05) is 23.7 Å². The van der Waals surface area contributed by atoms with Crippen LogP contribution in [0.25, 0.3) is 6.08 Å². The molecule has 0 aromatic heterocycles. The molecule has 1 saturated heterocycles. The number of hydrogen-bond donors (Lipinski definition) is 1. The molecule has 0 aliphatic carbocycles. The van der Waals surface area contributed by atoms with Gasteiger partial charge in [-0.05, 0) is 37.6 Å². The van der Waals surface area contributed by atoms with E-state index in [0.717, 1.165) is 23.7 Å². The van der Waals surface area contributed by atoms with Gasteiger partial charge in [0.05, 0.1) is 24.9 Å². The normalized spacial score (nSPS) is 15.1. The second-order valence-corrected chi connectivity index (χ2v) is 7.29. The van der Waals surface area contributed by atoms with Crippen molar-refractivity contribution < 1.29 is 23.9 Å². The van der Waals surface area contributed by atoms with Crippen molar-refractivity contribution in [2.24, 2.45) is 0 Å². The summed E-state index contributed by atoms with van der Waals surface area (Å²) < 4.78 is 10.5. The monoisotopic (exact) mass is 457 g/mol. The maximum atomic E-state index is 13.2. The smallest absolute Gasteiger partial charge is 0.336 e. The molecule has 9 heteroatoms. The minimum Gasteiger partial charge on any atom is -0.495 e. The fourth-order valence-electron chi connectivity index (χ4n) is 3.43. The first-order chi connectivity index (χ1) is 15.3. The first kappa shape index (κ1) is 23.1. The van der Waals surface area contributed by atoms with Crippen molar-refractivity contribution in [2.45, 2.75) is 13.8 Å². The number of hydrogen-bond acceptors (Lipinski definition) is 6. The number of barbiturate groups is 1. The second-order valence-electron chi connectivity index (χ2n) is 6.88. The molecular weight excluding hydrogens is 434 g/mol. The lowest BCUT2D eigenvalue weighted by molar-refractivity contribution is -0.122. The molecule has 0 atom stereocenters. The number of imide groups is 2. The Bertz CT molecular complexity index is 1080. The number of benzene rings is 2. The van der Waals surface area contributed by atoms with E-state index in [4.69, 9.17) is 21.1 Å². The van der Waals surface area contributed by atoms with Crippen LogP contribution in [-0.4, -0.2) is 45.2 Å². The Morgan fingerprint density at radius 1 is 1.00 bits per heavy atom. The molecule has 0 spiro atoms. The Labute approximate surface area is 191 Å². The minimum atomic E-state index is -0.892. The Morgan fingerprint density at radius 2 is 1.62 bits per heavy atom. The number of halogens is 1. The van der Waals surface area contributed by atoms with E-state index in [9.17, 15) is 14.4 Å². The summed E-state index contributed by atoms with van der Waals surface area (Å²) in [6.07, 6.45) is 1.45. The number of amides is 4. The SMILES string of the molecule is CCN(CC)c1ccc(/C=C2\C(=O)NC(=O)N(c3cc(OC)c(Cl)cc3OC)C2=O)cc1. The molecule has 1 heterocycles. The predicted molar refractivity (Wildman–Crippen MR) is 124 cm³/mol. The van der Waals surface area contributed by atoms with Gasteiger partial charge in [0.15, 0.2) is 0 Å². The summed E-state index contributed by atoms with van der Waals surface area (Å²) in [5, 5.41) is 2.45. The summed E-state index contributed by atoms with van der Waals surface area (Å²) >= 11 is 6.13. The first-order valence-corrected chi connectivity index (χ1v) is 10.4. The summed E-state index contributed by atoms with van der Waals surface area (Å²) in [7, 11) is 2.79. The maximum absolute atomic E-state index is 13.2. The summed E-state index contributed by atoms with van der Waals surface area (Å²) in [4.78, 5) is 41.2. The highest BCUT2D eigenvalue weighted by atomic mass is 35.5. The van der Waals surface area contributed by atoms with Gasteiger partial charge in [-0.25, -0.2) is 9.69 Å². The summed E-state index contributed by atoms with van der Waals surface area (Å²) in [5.41, 5.74) is 1.60. The van der Waals surface area contributed by atoms with Gasteiger partial charge < -0.3 is 14.4 Å². The molecule has 168 valence electrons. The Morgan fingerprint density at radius 3 is 2.19 bits per heavy atom. The number of rotatable bonds is 7. The van der Waals surface area contributed by atoms with Crippen LogP contribution in [0.5, 0.6) is 11.5 Å². The van der Waals surface area contributed by atoms with E-state index in [2.05, 4.69) is 24.1 Å². The molecular formula is C23H24ClN3O5. The number of methoxy groups -OCH3 is 2. The van der Waals surface area contributed by atoms with Crippen molar-refractivity contribution in [1.82, 2.24) is 5.32 Å². The third kappa shape index (κ3) is 4.40. The van der Waals surface area contributed by atoms with E-state index in [1.807, 2.05) is 24.3 Å². The van der Waals surface area contributed by atoms with Gasteiger partial charge in [-0.2, -0.15) is 0 Å². The molecule has 0 unspecified atom stereocenters. The number of carbonyl (C=O) groups excluding carboxylic acids is 3. The minimum absolute atomic E-state index is 0.103. The lowest BCUT2D eigenvalue weighted by Gasteiger charge is -2.28. The van der Waals surface area contributed by atoms with E-state index in [1.165, 1.54) is 32.4 Å². The van der Waals surface area contributed by atoms with Crippen LogP contribution < -0.4 is 24.6 Å². The van der Waals surface area contributed by atoms with E-state index in [1.54, 1.807) is 0 Å². The zero-order valence-corrected chi connectivity index (χ0v) is 19.0. The molecule has 3 rings (SSSR count). The van der Waals surface area contributed by atoms with Crippen molar-refractivity contribution in [1.29, 1.82) is 0 Å². The predicted octanol–water partition coefficient (Wildman–Crippen LogP) is 3.87. The van der Waals surface area contributed by atoms with E-state index in [-0.39, 0.29) is 27.8 Å². The van der Waals surface area contributed by atoms with Gasteiger partial charge in [0.25, 0.3) is 11.8 Å². The first-order valence-electron chi connectivity index (χ1n) is 10.0. The van der Waals surface area contributed by atoms with Gasteiger partial charge in [0.2, 0.25) is 0 Å². The van der Waals surface area contributed by atoms with Crippen LogP contribution in [0.4, 0.5) is 16.2 Å². The van der Waals surface area contributed by atoms with Crippen molar-refractivity contribution in [3.8, 4) is 11.5 Å². The van der Waals surface area contributed by atoms with Gasteiger partial charge in [0.1, 0.15) is 17.1 Å². The number of nitrogens with one attached hydrogen (secondary N) is 1. The average Bonchev–Trinajstić information content (AvgIpc) is 2.78. The number of carbonyl (C=O) groups is 3. The van der Waals surface area contributed by atoms with Gasteiger partial charge in [-0.3, -0.25) is 14.9 Å². The molecule has 1 aliphatic rings. The van der Waals surface area contributed by atoms with Gasteiger partial charge in [0, 0.05) is 30.9 Å². The highest BCUT2D eigenvalue weighted by Crippen LogP contribution is 2.39. The molecule has 8 nitrogen and oxygen atoms in total. The van der Waals surface area contributed by atoms with Gasteiger partial charge in [-0.15, -0.1) is 0 Å². The molecule has 2 aromatic rings. The zero-order chi connectivity index (χ0) is 23.4. The quantitative estimate of drug-likeness (QED) is 0.501. The fraction of sp³-hybridized carbons (Fsp3) is 0.261. The Kier molecular flexibility index (Phi) is 7.05. The van der Waals surface area contributed by atoms with Crippen LogP contribution in [-0.2, 0) is 9.59 Å².